The molecule has 3 aliphatic rings. The minimum absolute atomic E-state index is 0.0651. The van der Waals surface area contributed by atoms with Crippen LogP contribution in [-0.2, 0) is 23.8 Å². The van der Waals surface area contributed by atoms with Gasteiger partial charge in [-0.15, -0.1) is 11.3 Å². The third-order valence-electron chi connectivity index (χ3n) is 9.89. The maximum Gasteiger partial charge on any atom is 0.273 e. The van der Waals surface area contributed by atoms with E-state index in [1.54, 1.807) is 0 Å². The first-order chi connectivity index (χ1) is 20.5. The molecular weight excluding hydrogens is 545 g/mol. The molecule has 0 bridgehead atoms. The number of hydrogen-bond acceptors (Lipinski definition) is 3. The third kappa shape index (κ3) is 3.43. The second-order valence-corrected chi connectivity index (χ2v) is 16.0. The Kier molecular flexibility index (Phi) is 4.95. The molecule has 2 aromatic heterocycles. The molecule has 3 nitrogen and oxygen atoms in total. The molecule has 0 unspecified atom stereocenters. The second-order valence-electron chi connectivity index (χ2n) is 14.9. The van der Waals surface area contributed by atoms with Gasteiger partial charge in [0.15, 0.2) is 0 Å². The maximum absolute atomic E-state index is 7.04. The van der Waals surface area contributed by atoms with Gasteiger partial charge in [-0.05, 0) is 110 Å². The standard InChI is InChI=1S/C38H36BNO2S/c1-20-17-28-32-29(18-20)42-35-26(39(32)36-34(41-28)25-19-22(37(2,3)4)12-16-30(25)43-36)14-15-27-31(35)24-13-11-21-9-8-10-23(21)33(24)40(27)38(5,6)7/h11-19H,8-10H2,1-7H3. The molecule has 0 radical (unpaired) electrons. The molecule has 43 heavy (non-hydrogen) atoms. The zero-order valence-electron chi connectivity index (χ0n) is 26.1. The van der Waals surface area contributed by atoms with Gasteiger partial charge in [0.25, 0.3) is 6.71 Å². The first kappa shape index (κ1) is 25.8. The van der Waals surface area contributed by atoms with Crippen molar-refractivity contribution in [1.29, 1.82) is 0 Å². The first-order valence-electron chi connectivity index (χ1n) is 15.7. The van der Waals surface area contributed by atoms with Gasteiger partial charge in [0.05, 0.1) is 11.0 Å². The quantitative estimate of drug-likeness (QED) is 0.168. The largest absolute Gasteiger partial charge is 0.458 e. The van der Waals surface area contributed by atoms with E-state index in [1.807, 2.05) is 11.3 Å². The van der Waals surface area contributed by atoms with E-state index >= 15 is 0 Å². The summed E-state index contributed by atoms with van der Waals surface area (Å²) in [5.74, 6) is 3.88. The van der Waals surface area contributed by atoms with Gasteiger partial charge >= 0.3 is 0 Å². The van der Waals surface area contributed by atoms with E-state index in [1.165, 1.54) is 71.7 Å². The Hall–Kier alpha value is -3.70. The fraction of sp³-hybridized carbons (Fsp3) is 0.316. The number of rotatable bonds is 0. The zero-order valence-corrected chi connectivity index (χ0v) is 26.9. The molecule has 0 fully saturated rings. The highest BCUT2D eigenvalue weighted by atomic mass is 32.1. The molecule has 5 heteroatoms. The smallest absolute Gasteiger partial charge is 0.273 e. The van der Waals surface area contributed by atoms with Crippen molar-refractivity contribution in [2.45, 2.75) is 78.7 Å². The molecule has 4 aromatic carbocycles. The number of benzene rings is 4. The Morgan fingerprint density at radius 3 is 2.33 bits per heavy atom. The van der Waals surface area contributed by atoms with Crippen molar-refractivity contribution in [1.82, 2.24) is 4.57 Å². The summed E-state index contributed by atoms with van der Waals surface area (Å²) in [6, 6.07) is 20.8. The highest BCUT2D eigenvalue weighted by Gasteiger charge is 2.44. The van der Waals surface area contributed by atoms with E-state index in [2.05, 4.69) is 108 Å². The van der Waals surface area contributed by atoms with Crippen molar-refractivity contribution < 1.29 is 9.47 Å². The summed E-state index contributed by atoms with van der Waals surface area (Å²) in [6.45, 7) is 16.0. The molecule has 0 spiro atoms. The summed E-state index contributed by atoms with van der Waals surface area (Å²) in [5, 5.41) is 3.78. The second kappa shape index (κ2) is 8.27. The van der Waals surface area contributed by atoms with Gasteiger partial charge in [-0.3, -0.25) is 0 Å². The van der Waals surface area contributed by atoms with Gasteiger partial charge < -0.3 is 14.0 Å². The van der Waals surface area contributed by atoms with Crippen LogP contribution in [-0.4, -0.2) is 11.3 Å². The first-order valence-corrected chi connectivity index (χ1v) is 16.5. The number of aryl methyl sites for hydroxylation is 3. The van der Waals surface area contributed by atoms with Crippen LogP contribution in [0.3, 0.4) is 0 Å². The lowest BCUT2D eigenvalue weighted by Crippen LogP contribution is -2.56. The van der Waals surface area contributed by atoms with Gasteiger partial charge in [0, 0.05) is 36.6 Å². The van der Waals surface area contributed by atoms with Gasteiger partial charge in [0.2, 0.25) is 0 Å². The molecule has 0 amide bonds. The Bertz CT molecular complexity index is 2200. The molecule has 1 aliphatic carbocycles. The molecule has 0 N–H and O–H groups in total. The van der Waals surface area contributed by atoms with E-state index in [0.717, 1.165) is 40.4 Å². The number of hydrogen-bond donors (Lipinski definition) is 0. The van der Waals surface area contributed by atoms with Crippen molar-refractivity contribution in [3.63, 3.8) is 0 Å². The van der Waals surface area contributed by atoms with Gasteiger partial charge in [0.1, 0.15) is 23.0 Å². The van der Waals surface area contributed by atoms with E-state index < -0.39 is 0 Å². The van der Waals surface area contributed by atoms with Crippen LogP contribution in [0.1, 0.15) is 70.2 Å². The summed E-state index contributed by atoms with van der Waals surface area (Å²) in [5.41, 5.74) is 10.6. The normalized spacial score (nSPS) is 15.4. The number of thiophene rings is 1. The maximum atomic E-state index is 7.04. The Balaban J connectivity index is 1.38. The lowest BCUT2D eigenvalue weighted by atomic mass is 9.37. The lowest BCUT2D eigenvalue weighted by molar-refractivity contribution is 0.422. The summed E-state index contributed by atoms with van der Waals surface area (Å²) in [6.07, 6.45) is 3.56. The molecule has 214 valence electrons. The van der Waals surface area contributed by atoms with Crippen LogP contribution >= 0.6 is 11.3 Å². The van der Waals surface area contributed by atoms with Crippen LogP contribution in [0.2, 0.25) is 0 Å². The number of aromatic nitrogens is 1. The molecule has 9 rings (SSSR count). The van der Waals surface area contributed by atoms with E-state index in [9.17, 15) is 0 Å². The fourth-order valence-electron chi connectivity index (χ4n) is 7.98. The van der Waals surface area contributed by atoms with Crippen molar-refractivity contribution in [3.05, 3.63) is 76.9 Å². The average molecular weight is 582 g/mol. The van der Waals surface area contributed by atoms with Crippen molar-refractivity contribution in [3.8, 4) is 23.0 Å². The summed E-state index contributed by atoms with van der Waals surface area (Å²) >= 11 is 1.87. The highest BCUT2D eigenvalue weighted by molar-refractivity contribution is 7.33. The minimum atomic E-state index is -0.0651. The molecule has 0 saturated carbocycles. The summed E-state index contributed by atoms with van der Waals surface area (Å²) < 4.78 is 19.0. The zero-order chi connectivity index (χ0) is 29.6. The molecule has 0 atom stereocenters. The number of nitrogens with zero attached hydrogens (tertiary/aromatic N) is 1. The van der Waals surface area contributed by atoms with Crippen LogP contribution in [0.15, 0.2) is 54.6 Å². The van der Waals surface area contributed by atoms with Crippen LogP contribution in [0.4, 0.5) is 0 Å². The number of fused-ring (bicyclic) bond motifs is 12. The third-order valence-corrected chi connectivity index (χ3v) is 11.1. The summed E-state index contributed by atoms with van der Waals surface area (Å²) in [4.78, 5) is 0. The van der Waals surface area contributed by atoms with E-state index in [0.29, 0.717) is 0 Å². The fourth-order valence-corrected chi connectivity index (χ4v) is 9.22. The highest BCUT2D eigenvalue weighted by Crippen LogP contribution is 2.47. The topological polar surface area (TPSA) is 23.4 Å². The number of ether oxygens (including phenoxy) is 2. The Labute approximate surface area is 257 Å². The van der Waals surface area contributed by atoms with Crippen molar-refractivity contribution >= 4 is 65.6 Å². The predicted octanol–water partition coefficient (Wildman–Crippen LogP) is 8.59. The van der Waals surface area contributed by atoms with Crippen LogP contribution in [0.5, 0.6) is 23.0 Å². The Morgan fingerprint density at radius 2 is 1.58 bits per heavy atom. The van der Waals surface area contributed by atoms with Crippen LogP contribution in [0.25, 0.3) is 31.9 Å². The predicted molar refractivity (Wildman–Crippen MR) is 183 cm³/mol. The van der Waals surface area contributed by atoms with Crippen LogP contribution < -0.4 is 25.2 Å². The molecule has 4 heterocycles. The van der Waals surface area contributed by atoms with Crippen LogP contribution in [0, 0.1) is 6.92 Å². The van der Waals surface area contributed by atoms with Crippen molar-refractivity contribution in [2.24, 2.45) is 0 Å². The van der Waals surface area contributed by atoms with Gasteiger partial charge in [-0.1, -0.05) is 45.0 Å². The molecule has 2 aliphatic heterocycles. The molecule has 6 aromatic rings. The van der Waals surface area contributed by atoms with Gasteiger partial charge in [-0.25, -0.2) is 0 Å². The van der Waals surface area contributed by atoms with Gasteiger partial charge in [-0.2, -0.15) is 0 Å². The summed E-state index contributed by atoms with van der Waals surface area (Å²) in [7, 11) is 0. The Morgan fingerprint density at radius 1 is 0.814 bits per heavy atom. The minimum Gasteiger partial charge on any atom is -0.458 e. The molecule has 0 saturated heterocycles. The van der Waals surface area contributed by atoms with E-state index in [4.69, 9.17) is 9.47 Å². The van der Waals surface area contributed by atoms with E-state index in [-0.39, 0.29) is 17.7 Å². The average Bonchev–Trinajstić information content (AvgIpc) is 3.64. The monoisotopic (exact) mass is 581 g/mol. The van der Waals surface area contributed by atoms with Crippen molar-refractivity contribution in [2.75, 3.05) is 0 Å². The lowest BCUT2D eigenvalue weighted by Gasteiger charge is -2.32. The molecular formula is C38H36BNO2S. The SMILES string of the molecule is Cc1cc2c3c(c1)Oc1c(ccc4c1c1ccc5c(c1n4C(C)(C)C)CCC5)B3c1sc3ccc(C(C)(C)C)cc3c1O2.